The number of nitrogens with one attached hydrogen (secondary N) is 2. The Morgan fingerprint density at radius 1 is 1.53 bits per heavy atom. The molecule has 0 aliphatic carbocycles. The van der Waals surface area contributed by atoms with Gasteiger partial charge in [0.15, 0.2) is 0 Å². The average molecular weight is 257 g/mol. The molecule has 2 rings (SSSR count). The SMILES string of the molecule is CC1(C)Cc2cc(NC(=O)CC#N)ccc2C(=O)N1. The van der Waals surface area contributed by atoms with Crippen LogP contribution in [0.2, 0.25) is 0 Å². The maximum atomic E-state index is 11.9. The van der Waals surface area contributed by atoms with Crippen molar-refractivity contribution in [2.45, 2.75) is 32.2 Å². The zero-order chi connectivity index (χ0) is 14.0. The first-order valence-electron chi connectivity index (χ1n) is 6.03. The molecule has 98 valence electrons. The average Bonchev–Trinajstić information content (AvgIpc) is 2.26. The van der Waals surface area contributed by atoms with Crippen LogP contribution >= 0.6 is 0 Å². The fourth-order valence-electron chi connectivity index (χ4n) is 2.21. The first-order valence-corrected chi connectivity index (χ1v) is 6.03. The molecule has 1 aliphatic rings. The van der Waals surface area contributed by atoms with Crippen LogP contribution in [-0.2, 0) is 11.2 Å². The Bertz CT molecular complexity index is 585. The number of carbonyl (C=O) groups excluding carboxylic acids is 2. The number of carbonyl (C=O) groups is 2. The van der Waals surface area contributed by atoms with Gasteiger partial charge in [-0.05, 0) is 44.0 Å². The standard InChI is InChI=1S/C14H15N3O2/c1-14(2)8-9-7-10(16-12(18)5-6-15)3-4-11(9)13(19)17-14/h3-4,7H,5,8H2,1-2H3,(H,16,18)(H,17,19). The summed E-state index contributed by atoms with van der Waals surface area (Å²) in [4.78, 5) is 23.3. The minimum atomic E-state index is -0.345. The van der Waals surface area contributed by atoms with E-state index in [9.17, 15) is 9.59 Å². The van der Waals surface area contributed by atoms with Gasteiger partial charge in [-0.3, -0.25) is 9.59 Å². The molecule has 0 radical (unpaired) electrons. The molecular formula is C14H15N3O2. The molecule has 0 saturated carbocycles. The van der Waals surface area contributed by atoms with Crippen molar-refractivity contribution in [2.24, 2.45) is 0 Å². The van der Waals surface area contributed by atoms with E-state index in [1.165, 1.54) is 0 Å². The molecule has 5 nitrogen and oxygen atoms in total. The molecule has 1 aromatic carbocycles. The lowest BCUT2D eigenvalue weighted by atomic mass is 9.87. The third kappa shape index (κ3) is 2.91. The van der Waals surface area contributed by atoms with Crippen LogP contribution < -0.4 is 10.6 Å². The van der Waals surface area contributed by atoms with Gasteiger partial charge < -0.3 is 10.6 Å². The molecular weight excluding hydrogens is 242 g/mol. The van der Waals surface area contributed by atoms with Crippen molar-refractivity contribution in [3.63, 3.8) is 0 Å². The van der Waals surface area contributed by atoms with E-state index in [4.69, 9.17) is 5.26 Å². The van der Waals surface area contributed by atoms with Gasteiger partial charge in [0.25, 0.3) is 5.91 Å². The van der Waals surface area contributed by atoms with E-state index in [1.807, 2.05) is 13.8 Å². The lowest BCUT2D eigenvalue weighted by molar-refractivity contribution is -0.115. The topological polar surface area (TPSA) is 82.0 Å². The highest BCUT2D eigenvalue weighted by molar-refractivity contribution is 5.99. The van der Waals surface area contributed by atoms with Gasteiger partial charge in [-0.15, -0.1) is 0 Å². The van der Waals surface area contributed by atoms with E-state index >= 15 is 0 Å². The summed E-state index contributed by atoms with van der Waals surface area (Å²) in [5, 5.41) is 14.0. The predicted octanol–water partition coefficient (Wildman–Crippen LogP) is 1.60. The van der Waals surface area contributed by atoms with Crippen LogP contribution in [0.4, 0.5) is 5.69 Å². The summed E-state index contributed by atoms with van der Waals surface area (Å²) in [6.45, 7) is 3.91. The Hall–Kier alpha value is -2.35. The third-order valence-electron chi connectivity index (χ3n) is 2.96. The van der Waals surface area contributed by atoms with Crippen LogP contribution in [0.1, 0.15) is 36.2 Å². The van der Waals surface area contributed by atoms with Gasteiger partial charge >= 0.3 is 0 Å². The predicted molar refractivity (Wildman–Crippen MR) is 70.6 cm³/mol. The maximum Gasteiger partial charge on any atom is 0.251 e. The molecule has 0 bridgehead atoms. The summed E-state index contributed by atoms with van der Waals surface area (Å²) in [6.07, 6.45) is 0.527. The molecule has 0 atom stereocenters. The zero-order valence-corrected chi connectivity index (χ0v) is 10.9. The van der Waals surface area contributed by atoms with Crippen LogP contribution in [0.5, 0.6) is 0 Å². The third-order valence-corrected chi connectivity index (χ3v) is 2.96. The van der Waals surface area contributed by atoms with Crippen LogP contribution in [0.3, 0.4) is 0 Å². The van der Waals surface area contributed by atoms with Gasteiger partial charge in [-0.1, -0.05) is 0 Å². The highest BCUT2D eigenvalue weighted by Crippen LogP contribution is 2.25. The van der Waals surface area contributed by atoms with Gasteiger partial charge in [0.2, 0.25) is 5.91 Å². The summed E-state index contributed by atoms with van der Waals surface area (Å²) < 4.78 is 0. The molecule has 0 spiro atoms. The zero-order valence-electron chi connectivity index (χ0n) is 10.9. The van der Waals surface area contributed by atoms with E-state index in [0.717, 1.165) is 5.56 Å². The van der Waals surface area contributed by atoms with Crippen molar-refractivity contribution >= 4 is 17.5 Å². The molecule has 0 fully saturated rings. The van der Waals surface area contributed by atoms with E-state index in [2.05, 4.69) is 10.6 Å². The Kier molecular flexibility index (Phi) is 3.26. The fourth-order valence-corrected chi connectivity index (χ4v) is 2.21. The minimum Gasteiger partial charge on any atom is -0.347 e. The number of amides is 2. The van der Waals surface area contributed by atoms with Crippen molar-refractivity contribution in [2.75, 3.05) is 5.32 Å². The number of anilines is 1. The second-order valence-corrected chi connectivity index (χ2v) is 5.27. The number of rotatable bonds is 2. The molecule has 1 aromatic rings. The summed E-state index contributed by atoms with van der Waals surface area (Å²) in [7, 11) is 0. The Morgan fingerprint density at radius 3 is 2.95 bits per heavy atom. The molecule has 0 unspecified atom stereocenters. The molecule has 2 amide bonds. The van der Waals surface area contributed by atoms with Crippen molar-refractivity contribution in [3.05, 3.63) is 29.3 Å². The molecule has 1 heterocycles. The smallest absolute Gasteiger partial charge is 0.251 e. The summed E-state index contributed by atoms with van der Waals surface area (Å²) in [5.41, 5.74) is 1.87. The van der Waals surface area contributed by atoms with E-state index in [1.54, 1.807) is 24.3 Å². The molecule has 0 saturated heterocycles. The number of nitriles is 1. The summed E-state index contributed by atoms with van der Waals surface area (Å²) in [6, 6.07) is 6.96. The first kappa shape index (κ1) is 13.1. The molecule has 1 aliphatic heterocycles. The molecule has 5 heteroatoms. The lowest BCUT2D eigenvalue weighted by Crippen LogP contribution is -2.49. The summed E-state index contributed by atoms with van der Waals surface area (Å²) in [5.74, 6) is -0.442. The van der Waals surface area contributed by atoms with Crippen LogP contribution in [0.25, 0.3) is 0 Å². The second kappa shape index (κ2) is 4.73. The second-order valence-electron chi connectivity index (χ2n) is 5.27. The monoisotopic (exact) mass is 257 g/mol. The molecule has 0 aromatic heterocycles. The normalized spacial score (nSPS) is 15.9. The van der Waals surface area contributed by atoms with Gasteiger partial charge in [0, 0.05) is 16.8 Å². The Balaban J connectivity index is 2.26. The van der Waals surface area contributed by atoms with Gasteiger partial charge in [-0.25, -0.2) is 0 Å². The summed E-state index contributed by atoms with van der Waals surface area (Å²) >= 11 is 0. The molecule has 19 heavy (non-hydrogen) atoms. The van der Waals surface area contributed by atoms with Gasteiger partial charge in [-0.2, -0.15) is 5.26 Å². The number of fused-ring (bicyclic) bond motifs is 1. The van der Waals surface area contributed by atoms with Crippen molar-refractivity contribution in [3.8, 4) is 6.07 Å². The van der Waals surface area contributed by atoms with E-state index in [0.29, 0.717) is 17.7 Å². The van der Waals surface area contributed by atoms with Crippen LogP contribution in [-0.4, -0.2) is 17.4 Å². The van der Waals surface area contributed by atoms with Gasteiger partial charge in [0.05, 0.1) is 6.07 Å². The largest absolute Gasteiger partial charge is 0.347 e. The minimum absolute atomic E-state index is 0.0962. The maximum absolute atomic E-state index is 11.9. The first-order chi connectivity index (χ1) is 8.91. The quantitative estimate of drug-likeness (QED) is 0.844. The number of hydrogen-bond donors (Lipinski definition) is 2. The van der Waals surface area contributed by atoms with Gasteiger partial charge in [0.1, 0.15) is 6.42 Å². The van der Waals surface area contributed by atoms with E-state index < -0.39 is 0 Å². The molecule has 2 N–H and O–H groups in total. The number of benzene rings is 1. The van der Waals surface area contributed by atoms with E-state index in [-0.39, 0.29) is 23.8 Å². The number of hydrogen-bond acceptors (Lipinski definition) is 3. The number of nitrogens with zero attached hydrogens (tertiary/aromatic N) is 1. The van der Waals surface area contributed by atoms with Crippen molar-refractivity contribution in [1.29, 1.82) is 5.26 Å². The van der Waals surface area contributed by atoms with Crippen LogP contribution in [0, 0.1) is 11.3 Å². The Morgan fingerprint density at radius 2 is 2.26 bits per heavy atom. The van der Waals surface area contributed by atoms with Crippen molar-refractivity contribution < 1.29 is 9.59 Å². The fraction of sp³-hybridized carbons (Fsp3) is 0.357. The lowest BCUT2D eigenvalue weighted by Gasteiger charge is -2.32. The Labute approximate surface area is 111 Å². The highest BCUT2D eigenvalue weighted by Gasteiger charge is 2.29. The highest BCUT2D eigenvalue weighted by atomic mass is 16.2. The van der Waals surface area contributed by atoms with Crippen LogP contribution in [0.15, 0.2) is 18.2 Å². The van der Waals surface area contributed by atoms with Crippen molar-refractivity contribution in [1.82, 2.24) is 5.32 Å².